The largest absolute Gasteiger partial charge is 0.389 e. The van der Waals surface area contributed by atoms with Gasteiger partial charge < -0.3 is 14.7 Å². The predicted molar refractivity (Wildman–Crippen MR) is 62.2 cm³/mol. The first-order valence-electron chi connectivity index (χ1n) is 6.11. The minimum atomic E-state index is -0.739. The Kier molecular flexibility index (Phi) is 5.22. The number of aliphatic hydroxyl groups is 1. The van der Waals surface area contributed by atoms with Crippen molar-refractivity contribution in [2.75, 3.05) is 26.8 Å². The average molecular weight is 229 g/mol. The molecule has 0 aromatic heterocycles. The van der Waals surface area contributed by atoms with Crippen molar-refractivity contribution in [1.29, 1.82) is 0 Å². The fourth-order valence-corrected chi connectivity index (χ4v) is 2.10. The number of rotatable bonds is 6. The average Bonchev–Trinajstić information content (AvgIpc) is 2.65. The summed E-state index contributed by atoms with van der Waals surface area (Å²) in [7, 11) is 1.76. The van der Waals surface area contributed by atoms with Crippen molar-refractivity contribution in [2.24, 2.45) is 0 Å². The number of carbonyl (C=O) groups excluding carboxylic acids is 1. The molecule has 0 aromatic rings. The van der Waals surface area contributed by atoms with Crippen LogP contribution in [0.25, 0.3) is 0 Å². The molecule has 0 unspecified atom stereocenters. The van der Waals surface area contributed by atoms with Gasteiger partial charge in [0.2, 0.25) is 5.91 Å². The van der Waals surface area contributed by atoms with Crippen molar-refractivity contribution in [3.05, 3.63) is 0 Å². The van der Waals surface area contributed by atoms with E-state index in [1.165, 1.54) is 0 Å². The van der Waals surface area contributed by atoms with Crippen molar-refractivity contribution in [2.45, 2.75) is 44.6 Å². The van der Waals surface area contributed by atoms with Crippen LogP contribution < -0.4 is 0 Å². The van der Waals surface area contributed by atoms with E-state index < -0.39 is 5.60 Å². The van der Waals surface area contributed by atoms with E-state index in [0.717, 1.165) is 25.7 Å². The molecule has 94 valence electrons. The summed E-state index contributed by atoms with van der Waals surface area (Å²) in [5.74, 6) is 0.0177. The van der Waals surface area contributed by atoms with Gasteiger partial charge in [-0.15, -0.1) is 0 Å². The maximum atomic E-state index is 11.8. The van der Waals surface area contributed by atoms with Crippen LogP contribution in [-0.2, 0) is 9.53 Å². The molecule has 0 heterocycles. The Labute approximate surface area is 97.6 Å². The number of amides is 1. The molecular weight excluding hydrogens is 206 g/mol. The van der Waals surface area contributed by atoms with Crippen LogP contribution in [0.3, 0.4) is 0 Å². The van der Waals surface area contributed by atoms with Gasteiger partial charge in [0.05, 0.1) is 18.6 Å². The van der Waals surface area contributed by atoms with Gasteiger partial charge in [0.15, 0.2) is 0 Å². The van der Waals surface area contributed by atoms with Crippen LogP contribution in [0.2, 0.25) is 0 Å². The molecule has 0 aliphatic heterocycles. The lowest BCUT2D eigenvalue weighted by atomic mass is 9.97. The number of nitrogens with zero attached hydrogens (tertiary/aromatic N) is 1. The summed E-state index contributed by atoms with van der Waals surface area (Å²) in [6, 6.07) is 0. The van der Waals surface area contributed by atoms with Gasteiger partial charge in [-0.1, -0.05) is 12.8 Å². The minimum absolute atomic E-state index is 0.0177. The van der Waals surface area contributed by atoms with E-state index in [1.54, 1.807) is 11.9 Å². The van der Waals surface area contributed by atoms with Gasteiger partial charge in [0, 0.05) is 20.2 Å². The van der Waals surface area contributed by atoms with Crippen LogP contribution in [0.4, 0.5) is 0 Å². The zero-order valence-electron chi connectivity index (χ0n) is 10.4. The molecule has 4 heteroatoms. The van der Waals surface area contributed by atoms with Crippen LogP contribution in [0.1, 0.15) is 39.0 Å². The molecule has 1 saturated carbocycles. The Hall–Kier alpha value is -0.610. The third-order valence-corrected chi connectivity index (χ3v) is 3.22. The quantitative estimate of drug-likeness (QED) is 0.696. The molecule has 1 aliphatic rings. The molecule has 16 heavy (non-hydrogen) atoms. The topological polar surface area (TPSA) is 49.8 Å². The van der Waals surface area contributed by atoms with Crippen LogP contribution in [0, 0.1) is 0 Å². The van der Waals surface area contributed by atoms with E-state index >= 15 is 0 Å². The summed E-state index contributed by atoms with van der Waals surface area (Å²) in [6.07, 6.45) is 3.85. The molecule has 0 atom stereocenters. The summed E-state index contributed by atoms with van der Waals surface area (Å²) in [4.78, 5) is 13.5. The van der Waals surface area contributed by atoms with Gasteiger partial charge in [-0.05, 0) is 19.8 Å². The predicted octanol–water partition coefficient (Wildman–Crippen LogP) is 1.18. The van der Waals surface area contributed by atoms with Gasteiger partial charge in [-0.3, -0.25) is 4.79 Å². The van der Waals surface area contributed by atoms with Crippen molar-refractivity contribution >= 4 is 5.91 Å². The van der Waals surface area contributed by atoms with Gasteiger partial charge in [-0.2, -0.15) is 0 Å². The molecule has 1 amide bonds. The van der Waals surface area contributed by atoms with Crippen molar-refractivity contribution in [1.82, 2.24) is 4.90 Å². The van der Waals surface area contributed by atoms with E-state index in [1.807, 2.05) is 6.92 Å². The first-order valence-corrected chi connectivity index (χ1v) is 6.11. The maximum Gasteiger partial charge on any atom is 0.225 e. The van der Waals surface area contributed by atoms with Gasteiger partial charge in [0.1, 0.15) is 0 Å². The summed E-state index contributed by atoms with van der Waals surface area (Å²) in [5.41, 5.74) is -0.739. The lowest BCUT2D eigenvalue weighted by molar-refractivity contribution is -0.135. The normalized spacial score (nSPS) is 18.7. The van der Waals surface area contributed by atoms with E-state index in [2.05, 4.69) is 0 Å². The number of likely N-dealkylation sites (N-methyl/N-ethyl adjacent to an activating group) is 1. The first kappa shape index (κ1) is 13.5. The second-order valence-corrected chi connectivity index (χ2v) is 4.62. The SMILES string of the molecule is CCOCCN(C)C(=O)CC1(O)CCCC1. The van der Waals surface area contributed by atoms with Gasteiger partial charge in [0.25, 0.3) is 0 Å². The molecule has 0 aromatic carbocycles. The third kappa shape index (κ3) is 4.10. The van der Waals surface area contributed by atoms with Crippen LogP contribution in [0.5, 0.6) is 0 Å². The molecule has 1 rings (SSSR count). The first-order chi connectivity index (χ1) is 7.57. The number of hydrogen-bond donors (Lipinski definition) is 1. The minimum Gasteiger partial charge on any atom is -0.389 e. The van der Waals surface area contributed by atoms with Crippen LogP contribution in [0.15, 0.2) is 0 Å². The monoisotopic (exact) mass is 229 g/mol. The van der Waals surface area contributed by atoms with Gasteiger partial charge >= 0.3 is 0 Å². The fourth-order valence-electron chi connectivity index (χ4n) is 2.10. The second kappa shape index (κ2) is 6.21. The molecular formula is C12H23NO3. The second-order valence-electron chi connectivity index (χ2n) is 4.62. The summed E-state index contributed by atoms with van der Waals surface area (Å²) < 4.78 is 5.19. The molecule has 0 saturated heterocycles. The Morgan fingerprint density at radius 2 is 2.06 bits per heavy atom. The molecule has 0 spiro atoms. The van der Waals surface area contributed by atoms with E-state index in [0.29, 0.717) is 19.8 Å². The highest BCUT2D eigenvalue weighted by molar-refractivity contribution is 5.77. The Morgan fingerprint density at radius 3 is 2.62 bits per heavy atom. The fraction of sp³-hybridized carbons (Fsp3) is 0.917. The Balaban J connectivity index is 2.27. The van der Waals surface area contributed by atoms with Crippen LogP contribution >= 0.6 is 0 Å². The maximum absolute atomic E-state index is 11.8. The molecule has 1 fully saturated rings. The molecule has 0 radical (unpaired) electrons. The lowest BCUT2D eigenvalue weighted by Gasteiger charge is -2.25. The number of ether oxygens (including phenoxy) is 1. The summed E-state index contributed by atoms with van der Waals surface area (Å²) in [6.45, 7) is 3.77. The van der Waals surface area contributed by atoms with Crippen molar-refractivity contribution in [3.8, 4) is 0 Å². The Bertz CT molecular complexity index is 224. The molecule has 4 nitrogen and oxygen atoms in total. The lowest BCUT2D eigenvalue weighted by Crippen LogP contribution is -2.37. The smallest absolute Gasteiger partial charge is 0.225 e. The van der Waals surface area contributed by atoms with Crippen molar-refractivity contribution < 1.29 is 14.6 Å². The third-order valence-electron chi connectivity index (χ3n) is 3.22. The highest BCUT2D eigenvalue weighted by Crippen LogP contribution is 2.32. The highest BCUT2D eigenvalue weighted by Gasteiger charge is 2.34. The zero-order chi connectivity index (χ0) is 12.0. The standard InChI is InChI=1S/C12H23NO3/c1-3-16-9-8-13(2)11(14)10-12(15)6-4-5-7-12/h15H,3-10H2,1-2H3. The number of carbonyl (C=O) groups is 1. The molecule has 1 aliphatic carbocycles. The van der Waals surface area contributed by atoms with E-state index in [-0.39, 0.29) is 12.3 Å². The highest BCUT2D eigenvalue weighted by atomic mass is 16.5. The zero-order valence-corrected chi connectivity index (χ0v) is 10.4. The van der Waals surface area contributed by atoms with Crippen molar-refractivity contribution in [3.63, 3.8) is 0 Å². The van der Waals surface area contributed by atoms with Crippen LogP contribution in [-0.4, -0.2) is 48.3 Å². The number of hydrogen-bond acceptors (Lipinski definition) is 3. The summed E-state index contributed by atoms with van der Waals surface area (Å²) >= 11 is 0. The van der Waals surface area contributed by atoms with E-state index in [4.69, 9.17) is 4.74 Å². The van der Waals surface area contributed by atoms with Gasteiger partial charge in [-0.25, -0.2) is 0 Å². The molecule has 1 N–H and O–H groups in total. The summed E-state index contributed by atoms with van der Waals surface area (Å²) in [5, 5.41) is 10.1. The molecule has 0 bridgehead atoms. The Morgan fingerprint density at radius 1 is 1.44 bits per heavy atom. The van der Waals surface area contributed by atoms with E-state index in [9.17, 15) is 9.90 Å².